The first-order chi connectivity index (χ1) is 36.1. The lowest BCUT2D eigenvalue weighted by atomic mass is 9.85. The highest BCUT2D eigenvalue weighted by atomic mass is 32.1. The molecule has 0 amide bonds. The van der Waals surface area contributed by atoms with Gasteiger partial charge < -0.3 is 28.8 Å². The number of aromatic hydroxyl groups is 2. The second kappa shape index (κ2) is 18.8. The van der Waals surface area contributed by atoms with E-state index in [0.717, 1.165) is 65.4 Å². The number of rotatable bonds is 10. The Morgan fingerprint density at radius 2 is 0.671 bits per heavy atom. The fraction of sp³-hybridized carbons (Fsp3) is 0.265. The smallest absolute Gasteiger partial charge is 0.158 e. The van der Waals surface area contributed by atoms with Gasteiger partial charge in [0.05, 0.1) is 43.2 Å². The van der Waals surface area contributed by atoms with Crippen LogP contribution in [0.2, 0.25) is 0 Å². The third-order valence-corrected chi connectivity index (χ3v) is 17.1. The standard InChI is InChI=1S/C68H68N2O4S2/c1-65(2,3)43-25-29-53-49(33-43)50-34-44(66(4,5)6)26-30-54(50)69(53)57-39-75-63(61(57)71)47-21-15-17-23-59(47)73-37-41-19-13-14-20-42(41)38-74-60-24-18-16-22-48(60)64-62(72)58(40-76-64)70-55-31-27-45(67(7,8)9)35-51(55)52-36-46(68(10,11)12)28-32-56(52)70/h13-36,39-40,71-72H,37-38H2,1-12H3. The number of thiophene rings is 2. The van der Waals surface area contributed by atoms with Crippen molar-refractivity contribution in [3.05, 3.63) is 190 Å². The lowest BCUT2D eigenvalue weighted by molar-refractivity contribution is 0.286. The molecule has 7 aromatic carbocycles. The predicted molar refractivity (Wildman–Crippen MR) is 321 cm³/mol. The lowest BCUT2D eigenvalue weighted by Crippen LogP contribution is -2.10. The maximum absolute atomic E-state index is 12.3. The third-order valence-electron chi connectivity index (χ3n) is 15.1. The Hall–Kier alpha value is -7.26. The van der Waals surface area contributed by atoms with E-state index >= 15 is 0 Å². The second-order valence-corrected chi connectivity index (χ2v) is 26.3. The van der Waals surface area contributed by atoms with E-state index in [-0.39, 0.29) is 33.2 Å². The van der Waals surface area contributed by atoms with Crippen LogP contribution in [-0.2, 0) is 34.9 Å². The number of nitrogens with zero attached hydrogens (tertiary/aromatic N) is 2. The van der Waals surface area contributed by atoms with E-state index in [4.69, 9.17) is 9.47 Å². The minimum Gasteiger partial charge on any atom is -0.504 e. The maximum atomic E-state index is 12.3. The molecule has 0 aliphatic heterocycles. The Morgan fingerprint density at radius 3 is 0.974 bits per heavy atom. The van der Waals surface area contributed by atoms with Gasteiger partial charge in [-0.15, -0.1) is 22.7 Å². The van der Waals surface area contributed by atoms with Crippen LogP contribution in [0.15, 0.2) is 156 Å². The first-order valence-corrected chi connectivity index (χ1v) is 28.1. The minimum atomic E-state index is -0.0172. The molecule has 76 heavy (non-hydrogen) atoms. The Labute approximate surface area is 455 Å². The maximum Gasteiger partial charge on any atom is 0.158 e. The van der Waals surface area contributed by atoms with Crippen LogP contribution >= 0.6 is 22.7 Å². The Bertz CT molecular complexity index is 3620. The van der Waals surface area contributed by atoms with Gasteiger partial charge in [0, 0.05) is 43.4 Å². The van der Waals surface area contributed by atoms with Gasteiger partial charge in [-0.1, -0.05) is 156 Å². The molecule has 8 heteroatoms. The van der Waals surface area contributed by atoms with Gasteiger partial charge in [-0.25, -0.2) is 0 Å². The lowest BCUT2D eigenvalue weighted by Gasteiger charge is -2.19. The van der Waals surface area contributed by atoms with Crippen molar-refractivity contribution in [3.8, 4) is 55.3 Å². The molecule has 0 aliphatic rings. The van der Waals surface area contributed by atoms with Crippen LogP contribution in [-0.4, -0.2) is 19.3 Å². The van der Waals surface area contributed by atoms with Gasteiger partial charge in [0.1, 0.15) is 24.7 Å². The molecule has 0 saturated heterocycles. The quantitative estimate of drug-likeness (QED) is 0.143. The molecule has 4 aromatic heterocycles. The summed E-state index contributed by atoms with van der Waals surface area (Å²) in [5.41, 5.74) is 14.3. The zero-order valence-electron chi connectivity index (χ0n) is 45.8. The number of para-hydroxylation sites is 2. The normalized spacial score (nSPS) is 12.7. The third kappa shape index (κ3) is 9.13. The molecule has 0 spiro atoms. The van der Waals surface area contributed by atoms with Crippen LogP contribution in [0.5, 0.6) is 23.0 Å². The zero-order valence-corrected chi connectivity index (χ0v) is 47.5. The molecular formula is C68H68N2O4S2. The predicted octanol–water partition coefficient (Wildman–Crippen LogP) is 19.1. The van der Waals surface area contributed by atoms with Crippen molar-refractivity contribution >= 4 is 66.3 Å². The molecule has 0 atom stereocenters. The van der Waals surface area contributed by atoms with E-state index in [2.05, 4.69) is 188 Å². The van der Waals surface area contributed by atoms with Gasteiger partial charge >= 0.3 is 0 Å². The van der Waals surface area contributed by atoms with Crippen molar-refractivity contribution in [1.82, 2.24) is 9.13 Å². The highest BCUT2D eigenvalue weighted by Gasteiger charge is 2.27. The van der Waals surface area contributed by atoms with E-state index in [0.29, 0.717) is 24.7 Å². The number of ether oxygens (including phenoxy) is 2. The Morgan fingerprint density at radius 1 is 0.382 bits per heavy atom. The monoisotopic (exact) mass is 1040 g/mol. The highest BCUT2D eigenvalue weighted by molar-refractivity contribution is 7.14. The van der Waals surface area contributed by atoms with E-state index < -0.39 is 0 Å². The van der Waals surface area contributed by atoms with Gasteiger partial charge in [-0.3, -0.25) is 0 Å². The molecule has 11 aromatic rings. The van der Waals surface area contributed by atoms with E-state index in [1.165, 1.54) is 66.5 Å². The fourth-order valence-electron chi connectivity index (χ4n) is 10.5. The van der Waals surface area contributed by atoms with Crippen molar-refractivity contribution in [2.45, 2.75) is 118 Å². The summed E-state index contributed by atoms with van der Waals surface area (Å²) in [5, 5.41) is 33.4. The zero-order chi connectivity index (χ0) is 53.6. The first kappa shape index (κ1) is 50.9. The van der Waals surface area contributed by atoms with Crippen molar-refractivity contribution in [2.75, 3.05) is 0 Å². The van der Waals surface area contributed by atoms with Gasteiger partial charge in [-0.05, 0) is 128 Å². The molecule has 0 radical (unpaired) electrons. The summed E-state index contributed by atoms with van der Waals surface area (Å²) >= 11 is 3.04. The highest BCUT2D eigenvalue weighted by Crippen LogP contribution is 2.49. The number of fused-ring (bicyclic) bond motifs is 6. The van der Waals surface area contributed by atoms with Crippen LogP contribution in [0.25, 0.3) is 75.9 Å². The Balaban J connectivity index is 0.872. The van der Waals surface area contributed by atoms with Crippen LogP contribution in [0, 0.1) is 0 Å². The average molecular weight is 1040 g/mol. The summed E-state index contributed by atoms with van der Waals surface area (Å²) in [6, 6.07) is 51.1. The molecular weight excluding hydrogens is 973 g/mol. The fourth-order valence-corrected chi connectivity index (χ4v) is 12.4. The van der Waals surface area contributed by atoms with Crippen LogP contribution in [0.4, 0.5) is 0 Å². The van der Waals surface area contributed by atoms with Crippen molar-refractivity contribution in [1.29, 1.82) is 0 Å². The summed E-state index contributed by atoms with van der Waals surface area (Å²) in [6.45, 7) is 27.6. The summed E-state index contributed by atoms with van der Waals surface area (Å²) in [4.78, 5) is 1.49. The first-order valence-electron chi connectivity index (χ1n) is 26.4. The van der Waals surface area contributed by atoms with Crippen LogP contribution in [0.1, 0.15) is 116 Å². The molecule has 0 bridgehead atoms. The second-order valence-electron chi connectivity index (χ2n) is 24.5. The van der Waals surface area contributed by atoms with E-state index in [1.54, 1.807) is 0 Å². The van der Waals surface area contributed by atoms with Crippen LogP contribution in [0.3, 0.4) is 0 Å². The molecule has 0 fully saturated rings. The number of aromatic nitrogens is 2. The van der Waals surface area contributed by atoms with E-state index in [1.807, 2.05) is 60.7 Å². The van der Waals surface area contributed by atoms with Gasteiger partial charge in [0.15, 0.2) is 11.5 Å². The molecule has 0 aliphatic carbocycles. The van der Waals surface area contributed by atoms with Gasteiger partial charge in [0.2, 0.25) is 0 Å². The van der Waals surface area contributed by atoms with Crippen molar-refractivity contribution in [2.24, 2.45) is 0 Å². The molecule has 6 nitrogen and oxygen atoms in total. The molecule has 386 valence electrons. The summed E-state index contributed by atoms with van der Waals surface area (Å²) in [7, 11) is 0. The number of hydrogen-bond acceptors (Lipinski definition) is 6. The summed E-state index contributed by atoms with van der Waals surface area (Å²) < 4.78 is 17.8. The Kier molecular flexibility index (Phi) is 12.6. The van der Waals surface area contributed by atoms with Gasteiger partial charge in [0.25, 0.3) is 0 Å². The average Bonchev–Trinajstić information content (AvgIpc) is 4.16. The van der Waals surface area contributed by atoms with Crippen molar-refractivity contribution < 1.29 is 19.7 Å². The van der Waals surface area contributed by atoms with Crippen molar-refractivity contribution in [3.63, 3.8) is 0 Å². The molecule has 0 unspecified atom stereocenters. The summed E-state index contributed by atoms with van der Waals surface area (Å²) in [6.07, 6.45) is 0. The molecule has 11 rings (SSSR count). The molecule has 0 saturated carbocycles. The van der Waals surface area contributed by atoms with Crippen LogP contribution < -0.4 is 9.47 Å². The molecule has 4 heterocycles. The topological polar surface area (TPSA) is 68.8 Å². The summed E-state index contributed by atoms with van der Waals surface area (Å²) in [5.74, 6) is 1.79. The largest absolute Gasteiger partial charge is 0.504 e. The van der Waals surface area contributed by atoms with E-state index in [9.17, 15) is 10.2 Å². The minimum absolute atomic E-state index is 0.0172. The molecule has 2 N–H and O–H groups in total. The SMILES string of the molecule is CC(C)(C)c1ccc2c(c1)c1cc(C(C)(C)C)ccc1n2-c1csc(-c2ccccc2OCc2ccccc2COc2ccccc2-c2scc(-n3c4ccc(C(C)(C)C)cc4c4cc(C(C)(C)C)ccc43)c2O)c1O. The number of benzene rings is 7. The van der Waals surface area contributed by atoms with Gasteiger partial charge in [-0.2, -0.15) is 0 Å². The number of hydrogen-bond donors (Lipinski definition) is 2.